The topological polar surface area (TPSA) is 48.9 Å². The lowest BCUT2D eigenvalue weighted by Crippen LogP contribution is -2.42. The molecule has 0 radical (unpaired) electrons. The summed E-state index contributed by atoms with van der Waals surface area (Å²) >= 11 is 0. The minimum atomic E-state index is 0.823. The quantitative estimate of drug-likeness (QED) is 0.326. The predicted molar refractivity (Wildman–Crippen MR) is 87.5 cm³/mol. The van der Waals surface area contributed by atoms with E-state index in [2.05, 4.69) is 41.3 Å². The molecule has 0 aliphatic rings. The Balaban J connectivity index is 3.53. The van der Waals surface area contributed by atoms with Crippen molar-refractivity contribution in [2.24, 2.45) is 4.99 Å². The lowest BCUT2D eigenvalue weighted by Gasteiger charge is -2.19. The second kappa shape index (κ2) is 14.6. The largest absolute Gasteiger partial charge is 0.381 e. The van der Waals surface area contributed by atoms with Crippen LogP contribution in [0.15, 0.2) is 4.99 Å². The molecule has 5 heteroatoms. The fourth-order valence-electron chi connectivity index (χ4n) is 1.82. The third-order valence-electron chi connectivity index (χ3n) is 3.24. The van der Waals surface area contributed by atoms with Crippen molar-refractivity contribution in [3.8, 4) is 0 Å². The Morgan fingerprint density at radius 1 is 1.00 bits per heavy atom. The van der Waals surface area contributed by atoms with Gasteiger partial charge in [0.2, 0.25) is 0 Å². The second-order valence-corrected chi connectivity index (χ2v) is 4.77. The lowest BCUT2D eigenvalue weighted by atomic mass is 10.4. The summed E-state index contributed by atoms with van der Waals surface area (Å²) in [5.41, 5.74) is 0. The van der Waals surface area contributed by atoms with Gasteiger partial charge in [-0.1, -0.05) is 27.2 Å². The Labute approximate surface area is 125 Å². The van der Waals surface area contributed by atoms with Crippen LogP contribution in [-0.2, 0) is 4.74 Å². The average molecular weight is 286 g/mol. The summed E-state index contributed by atoms with van der Waals surface area (Å²) in [6.07, 6.45) is 3.36. The van der Waals surface area contributed by atoms with E-state index < -0.39 is 0 Å². The molecular weight excluding hydrogens is 252 g/mol. The molecule has 20 heavy (non-hydrogen) atoms. The van der Waals surface area contributed by atoms with E-state index in [1.807, 2.05) is 7.05 Å². The standard InChI is InChI=1S/C15H34N4O/c1-5-8-13-20-14-9-10-17-15(16-4)18-11-12-19(6-2)7-3/h5-14H2,1-4H3,(H2,16,17,18). The van der Waals surface area contributed by atoms with Crippen LogP contribution in [0.4, 0.5) is 0 Å². The molecule has 0 saturated heterocycles. The first-order valence-corrected chi connectivity index (χ1v) is 8.03. The molecule has 0 aliphatic carbocycles. The summed E-state index contributed by atoms with van der Waals surface area (Å²) in [7, 11) is 1.81. The van der Waals surface area contributed by atoms with Gasteiger partial charge in [0, 0.05) is 39.9 Å². The number of rotatable bonds is 12. The number of unbranched alkanes of at least 4 members (excludes halogenated alkanes) is 1. The number of nitrogens with zero attached hydrogens (tertiary/aromatic N) is 2. The van der Waals surface area contributed by atoms with Crippen molar-refractivity contribution in [1.29, 1.82) is 0 Å². The number of hydrogen-bond donors (Lipinski definition) is 2. The van der Waals surface area contributed by atoms with E-state index in [-0.39, 0.29) is 0 Å². The van der Waals surface area contributed by atoms with Gasteiger partial charge in [-0.2, -0.15) is 0 Å². The van der Waals surface area contributed by atoms with E-state index in [9.17, 15) is 0 Å². The molecule has 0 unspecified atom stereocenters. The summed E-state index contributed by atoms with van der Waals surface area (Å²) in [5.74, 6) is 0.880. The first kappa shape index (κ1) is 19.2. The van der Waals surface area contributed by atoms with E-state index >= 15 is 0 Å². The number of ether oxygens (including phenoxy) is 1. The van der Waals surface area contributed by atoms with E-state index in [4.69, 9.17) is 4.74 Å². The maximum atomic E-state index is 5.52. The highest BCUT2D eigenvalue weighted by atomic mass is 16.5. The summed E-state index contributed by atoms with van der Waals surface area (Å²) in [4.78, 5) is 6.61. The van der Waals surface area contributed by atoms with Gasteiger partial charge in [0.25, 0.3) is 0 Å². The van der Waals surface area contributed by atoms with E-state index in [1.165, 1.54) is 6.42 Å². The molecule has 0 aromatic carbocycles. The summed E-state index contributed by atoms with van der Waals surface area (Å²) in [6, 6.07) is 0. The molecule has 0 amide bonds. The van der Waals surface area contributed by atoms with Gasteiger partial charge in [-0.05, 0) is 25.9 Å². The first-order chi connectivity index (χ1) is 9.78. The van der Waals surface area contributed by atoms with Crippen molar-refractivity contribution in [3.63, 3.8) is 0 Å². The SMILES string of the molecule is CCCCOCCCNC(=NC)NCCN(CC)CC. The molecule has 0 aromatic rings. The Morgan fingerprint density at radius 2 is 1.65 bits per heavy atom. The Bertz CT molecular complexity index is 230. The van der Waals surface area contributed by atoms with Crippen LogP contribution in [0.1, 0.15) is 40.0 Å². The van der Waals surface area contributed by atoms with Gasteiger partial charge in [-0.15, -0.1) is 0 Å². The van der Waals surface area contributed by atoms with Crippen LogP contribution in [0.25, 0.3) is 0 Å². The van der Waals surface area contributed by atoms with Gasteiger partial charge in [0.1, 0.15) is 0 Å². The van der Waals surface area contributed by atoms with Gasteiger partial charge in [-0.3, -0.25) is 4.99 Å². The van der Waals surface area contributed by atoms with Gasteiger partial charge in [0.05, 0.1) is 0 Å². The van der Waals surface area contributed by atoms with Crippen LogP contribution in [0.3, 0.4) is 0 Å². The number of aliphatic imine (C=N–C) groups is 1. The molecule has 0 bridgehead atoms. The molecule has 0 aromatic heterocycles. The molecule has 0 aliphatic heterocycles. The molecule has 5 nitrogen and oxygen atoms in total. The number of hydrogen-bond acceptors (Lipinski definition) is 3. The van der Waals surface area contributed by atoms with Gasteiger partial charge >= 0.3 is 0 Å². The Hall–Kier alpha value is -0.810. The fraction of sp³-hybridized carbons (Fsp3) is 0.933. The minimum absolute atomic E-state index is 0.823. The van der Waals surface area contributed by atoms with Crippen molar-refractivity contribution in [2.75, 3.05) is 53.0 Å². The molecular formula is C15H34N4O. The van der Waals surface area contributed by atoms with Gasteiger partial charge < -0.3 is 20.3 Å². The number of likely N-dealkylation sites (N-methyl/N-ethyl adjacent to an activating group) is 1. The van der Waals surface area contributed by atoms with E-state index in [0.29, 0.717) is 0 Å². The van der Waals surface area contributed by atoms with Gasteiger partial charge in [-0.25, -0.2) is 0 Å². The van der Waals surface area contributed by atoms with E-state index in [1.54, 1.807) is 0 Å². The van der Waals surface area contributed by atoms with Crippen molar-refractivity contribution in [1.82, 2.24) is 15.5 Å². The van der Waals surface area contributed by atoms with Crippen LogP contribution in [0.5, 0.6) is 0 Å². The first-order valence-electron chi connectivity index (χ1n) is 8.03. The second-order valence-electron chi connectivity index (χ2n) is 4.77. The highest BCUT2D eigenvalue weighted by molar-refractivity contribution is 5.79. The Morgan fingerprint density at radius 3 is 2.25 bits per heavy atom. The molecule has 0 heterocycles. The fourth-order valence-corrected chi connectivity index (χ4v) is 1.82. The average Bonchev–Trinajstić information content (AvgIpc) is 2.48. The third kappa shape index (κ3) is 11.1. The molecule has 0 saturated carbocycles. The van der Waals surface area contributed by atoms with Gasteiger partial charge in [0.15, 0.2) is 5.96 Å². The molecule has 0 spiro atoms. The molecule has 2 N–H and O–H groups in total. The monoisotopic (exact) mass is 286 g/mol. The highest BCUT2D eigenvalue weighted by Gasteiger charge is 2.00. The molecule has 0 fully saturated rings. The maximum absolute atomic E-state index is 5.52. The smallest absolute Gasteiger partial charge is 0.191 e. The highest BCUT2D eigenvalue weighted by Crippen LogP contribution is 1.89. The van der Waals surface area contributed by atoms with Crippen molar-refractivity contribution in [2.45, 2.75) is 40.0 Å². The third-order valence-corrected chi connectivity index (χ3v) is 3.24. The van der Waals surface area contributed by atoms with Crippen LogP contribution >= 0.6 is 0 Å². The molecule has 0 rings (SSSR count). The Kier molecular flexibility index (Phi) is 14.0. The van der Waals surface area contributed by atoms with Crippen molar-refractivity contribution in [3.05, 3.63) is 0 Å². The van der Waals surface area contributed by atoms with Crippen LogP contribution in [0.2, 0.25) is 0 Å². The zero-order valence-corrected chi connectivity index (χ0v) is 13.9. The molecule has 120 valence electrons. The van der Waals surface area contributed by atoms with E-state index in [0.717, 1.165) is 64.7 Å². The maximum Gasteiger partial charge on any atom is 0.191 e. The van der Waals surface area contributed by atoms with Crippen LogP contribution in [-0.4, -0.2) is 63.8 Å². The zero-order chi connectivity index (χ0) is 15.1. The lowest BCUT2D eigenvalue weighted by molar-refractivity contribution is 0.129. The molecule has 0 atom stereocenters. The number of guanidine groups is 1. The van der Waals surface area contributed by atoms with Crippen molar-refractivity contribution < 1.29 is 4.74 Å². The normalized spacial score (nSPS) is 11.9. The predicted octanol–water partition coefficient (Wildman–Crippen LogP) is 1.70. The summed E-state index contributed by atoms with van der Waals surface area (Å²) in [6.45, 7) is 13.3. The summed E-state index contributed by atoms with van der Waals surface area (Å²) < 4.78 is 5.52. The summed E-state index contributed by atoms with van der Waals surface area (Å²) in [5, 5.41) is 6.65. The zero-order valence-electron chi connectivity index (χ0n) is 13.9. The number of nitrogens with one attached hydrogen (secondary N) is 2. The van der Waals surface area contributed by atoms with Crippen LogP contribution in [0, 0.1) is 0 Å². The van der Waals surface area contributed by atoms with Crippen LogP contribution < -0.4 is 10.6 Å². The minimum Gasteiger partial charge on any atom is -0.381 e. The van der Waals surface area contributed by atoms with Crippen molar-refractivity contribution >= 4 is 5.96 Å².